The lowest BCUT2D eigenvalue weighted by molar-refractivity contribution is -0.157. The fourth-order valence-corrected chi connectivity index (χ4v) is 5.30. The number of anilines is 1. The summed E-state index contributed by atoms with van der Waals surface area (Å²) in [7, 11) is 0. The van der Waals surface area contributed by atoms with Crippen LogP contribution in [0.15, 0.2) is 36.9 Å². The van der Waals surface area contributed by atoms with Gasteiger partial charge in [0.1, 0.15) is 6.54 Å². The highest BCUT2D eigenvalue weighted by molar-refractivity contribution is 5.95. The SMILES string of the molecule is C=CCN1C(=O)C2CCC(C(=O)NCC(C)C)CC2N2C(=O)N(CC(=O)Nc3ccccc3C)NC12. The van der Waals surface area contributed by atoms with E-state index in [0.717, 1.165) is 5.56 Å². The van der Waals surface area contributed by atoms with Crippen molar-refractivity contribution in [1.29, 1.82) is 0 Å². The maximum atomic E-state index is 13.5. The zero-order chi connectivity index (χ0) is 26.0. The number of hydrogen-bond acceptors (Lipinski definition) is 5. The third kappa shape index (κ3) is 5.09. The molecule has 1 saturated carbocycles. The smallest absolute Gasteiger partial charge is 0.337 e. The summed E-state index contributed by atoms with van der Waals surface area (Å²) in [6.07, 6.45) is 2.44. The summed E-state index contributed by atoms with van der Waals surface area (Å²) in [4.78, 5) is 55.8. The van der Waals surface area contributed by atoms with E-state index in [1.54, 1.807) is 21.9 Å². The van der Waals surface area contributed by atoms with Crippen molar-refractivity contribution in [3.63, 3.8) is 0 Å². The second kappa shape index (κ2) is 10.7. The second-order valence-corrected chi connectivity index (χ2v) is 10.2. The summed E-state index contributed by atoms with van der Waals surface area (Å²) in [5.41, 5.74) is 4.66. The number of fused-ring (bicyclic) bond motifs is 3. The highest BCUT2D eigenvalue weighted by atomic mass is 16.2. The third-order valence-electron chi connectivity index (χ3n) is 7.16. The number of amides is 5. The molecule has 2 saturated heterocycles. The lowest BCUT2D eigenvalue weighted by Crippen LogP contribution is -2.67. The van der Waals surface area contributed by atoms with Crippen LogP contribution in [0.4, 0.5) is 10.5 Å². The van der Waals surface area contributed by atoms with Crippen molar-refractivity contribution in [2.75, 3.05) is 25.0 Å². The summed E-state index contributed by atoms with van der Waals surface area (Å²) in [5.74, 6) is -0.764. The minimum absolute atomic E-state index is 0.0336. The Morgan fingerprint density at radius 2 is 1.97 bits per heavy atom. The first-order chi connectivity index (χ1) is 17.2. The Morgan fingerprint density at radius 3 is 2.67 bits per heavy atom. The number of para-hydroxylation sites is 1. The van der Waals surface area contributed by atoms with Gasteiger partial charge in [-0.1, -0.05) is 38.1 Å². The quantitative estimate of drug-likeness (QED) is 0.477. The van der Waals surface area contributed by atoms with Crippen molar-refractivity contribution in [3.05, 3.63) is 42.5 Å². The normalized spacial score (nSPS) is 25.5. The minimum atomic E-state index is -0.729. The van der Waals surface area contributed by atoms with E-state index in [1.165, 1.54) is 5.01 Å². The molecule has 1 aliphatic carbocycles. The zero-order valence-corrected chi connectivity index (χ0v) is 21.2. The zero-order valence-electron chi connectivity index (χ0n) is 21.2. The van der Waals surface area contributed by atoms with Gasteiger partial charge in [-0.2, -0.15) is 5.43 Å². The number of nitrogens with one attached hydrogen (secondary N) is 3. The molecule has 0 aromatic heterocycles. The summed E-state index contributed by atoms with van der Waals surface area (Å²) >= 11 is 0. The Balaban J connectivity index is 1.51. The molecule has 10 nitrogen and oxygen atoms in total. The van der Waals surface area contributed by atoms with Gasteiger partial charge in [0.25, 0.3) is 0 Å². The number of urea groups is 1. The van der Waals surface area contributed by atoms with Crippen molar-refractivity contribution < 1.29 is 19.2 Å². The van der Waals surface area contributed by atoms with Crippen LogP contribution < -0.4 is 16.1 Å². The number of hydrogen-bond donors (Lipinski definition) is 3. The third-order valence-corrected chi connectivity index (χ3v) is 7.16. The minimum Gasteiger partial charge on any atom is -0.356 e. The van der Waals surface area contributed by atoms with E-state index in [-0.39, 0.29) is 48.7 Å². The number of nitrogens with zero attached hydrogens (tertiary/aromatic N) is 3. The lowest BCUT2D eigenvalue weighted by Gasteiger charge is -2.49. The van der Waals surface area contributed by atoms with E-state index in [1.807, 2.05) is 39.0 Å². The number of rotatable bonds is 8. The van der Waals surface area contributed by atoms with Gasteiger partial charge in [0.2, 0.25) is 17.7 Å². The van der Waals surface area contributed by atoms with E-state index >= 15 is 0 Å². The molecular formula is C26H36N6O4. The van der Waals surface area contributed by atoms with Gasteiger partial charge in [0.15, 0.2) is 6.29 Å². The van der Waals surface area contributed by atoms with Crippen molar-refractivity contribution in [2.24, 2.45) is 17.8 Å². The highest BCUT2D eigenvalue weighted by Crippen LogP contribution is 2.40. The molecule has 4 atom stereocenters. The van der Waals surface area contributed by atoms with Gasteiger partial charge in [-0.15, -0.1) is 6.58 Å². The van der Waals surface area contributed by atoms with Crippen LogP contribution in [0.25, 0.3) is 0 Å². The summed E-state index contributed by atoms with van der Waals surface area (Å²) < 4.78 is 0. The lowest BCUT2D eigenvalue weighted by atomic mass is 9.75. The fourth-order valence-electron chi connectivity index (χ4n) is 5.30. The van der Waals surface area contributed by atoms with Crippen LogP contribution in [0.1, 0.15) is 38.7 Å². The van der Waals surface area contributed by atoms with Crippen molar-refractivity contribution in [1.82, 2.24) is 25.6 Å². The largest absolute Gasteiger partial charge is 0.356 e. The maximum absolute atomic E-state index is 13.5. The molecule has 3 fully saturated rings. The number of benzene rings is 1. The van der Waals surface area contributed by atoms with Crippen LogP contribution in [0.2, 0.25) is 0 Å². The molecule has 194 valence electrons. The van der Waals surface area contributed by atoms with Crippen LogP contribution in [0.5, 0.6) is 0 Å². The predicted molar refractivity (Wildman–Crippen MR) is 135 cm³/mol. The Labute approximate surface area is 212 Å². The molecule has 0 spiro atoms. The van der Waals surface area contributed by atoms with E-state index in [9.17, 15) is 19.2 Å². The van der Waals surface area contributed by atoms with E-state index in [4.69, 9.17) is 0 Å². The molecule has 5 amide bonds. The first-order valence-electron chi connectivity index (χ1n) is 12.6. The Kier molecular flexibility index (Phi) is 7.63. The Hall–Kier alpha value is -3.40. The Bertz CT molecular complexity index is 1040. The van der Waals surface area contributed by atoms with Crippen LogP contribution in [0.3, 0.4) is 0 Å². The molecule has 1 aromatic carbocycles. The molecule has 4 unspecified atom stereocenters. The van der Waals surface area contributed by atoms with Gasteiger partial charge in [-0.05, 0) is 43.7 Å². The number of carbonyl (C=O) groups excluding carboxylic acids is 4. The van der Waals surface area contributed by atoms with Gasteiger partial charge >= 0.3 is 6.03 Å². The molecule has 2 aliphatic heterocycles. The molecule has 0 bridgehead atoms. The first-order valence-corrected chi connectivity index (χ1v) is 12.6. The molecule has 3 N–H and O–H groups in total. The van der Waals surface area contributed by atoms with Crippen molar-refractivity contribution >= 4 is 29.4 Å². The standard InChI is InChI=1S/C26H36N6O4/c1-5-12-30-24(35)19-11-10-18(23(34)27-14-16(2)3)13-21(19)32-25(30)29-31(26(32)36)15-22(33)28-20-9-7-6-8-17(20)4/h5-9,16,18-19,21,25,29H,1,10-15H2,2-4H3,(H,27,34)(H,28,33). The van der Waals surface area contributed by atoms with E-state index in [2.05, 4.69) is 22.6 Å². The molecule has 2 heterocycles. The molecule has 4 rings (SSSR count). The number of aryl methyl sites for hydroxylation is 1. The highest BCUT2D eigenvalue weighted by Gasteiger charge is 2.56. The predicted octanol–water partition coefficient (Wildman–Crippen LogP) is 2.04. The second-order valence-electron chi connectivity index (χ2n) is 10.2. The summed E-state index contributed by atoms with van der Waals surface area (Å²) in [6, 6.07) is 6.62. The first kappa shape index (κ1) is 25.7. The number of hydrazine groups is 1. The van der Waals surface area contributed by atoms with Crippen LogP contribution in [-0.2, 0) is 14.4 Å². The van der Waals surface area contributed by atoms with Gasteiger partial charge in [0.05, 0.1) is 5.92 Å². The average molecular weight is 497 g/mol. The van der Waals surface area contributed by atoms with Gasteiger partial charge in [-0.3, -0.25) is 19.3 Å². The van der Waals surface area contributed by atoms with Crippen LogP contribution in [0, 0.1) is 24.7 Å². The van der Waals surface area contributed by atoms with Gasteiger partial charge in [-0.25, -0.2) is 9.80 Å². The number of carbonyl (C=O) groups is 4. The van der Waals surface area contributed by atoms with Crippen LogP contribution in [-0.4, -0.2) is 70.5 Å². The molecule has 10 heteroatoms. The molecule has 3 aliphatic rings. The fraction of sp³-hybridized carbons (Fsp3) is 0.538. The van der Waals surface area contributed by atoms with E-state index in [0.29, 0.717) is 37.4 Å². The van der Waals surface area contributed by atoms with Gasteiger partial charge in [0, 0.05) is 30.7 Å². The van der Waals surface area contributed by atoms with Gasteiger partial charge < -0.3 is 15.5 Å². The molecule has 1 aromatic rings. The summed E-state index contributed by atoms with van der Waals surface area (Å²) in [6.45, 7) is 10.4. The summed E-state index contributed by atoms with van der Waals surface area (Å²) in [5, 5.41) is 7.09. The molecular weight excluding hydrogens is 460 g/mol. The van der Waals surface area contributed by atoms with Crippen molar-refractivity contribution in [2.45, 2.75) is 52.4 Å². The Morgan fingerprint density at radius 1 is 1.22 bits per heavy atom. The maximum Gasteiger partial charge on any atom is 0.337 e. The molecule has 0 radical (unpaired) electrons. The average Bonchev–Trinajstić information content (AvgIpc) is 3.16. The molecule has 36 heavy (non-hydrogen) atoms. The monoisotopic (exact) mass is 496 g/mol. The van der Waals surface area contributed by atoms with Crippen molar-refractivity contribution in [3.8, 4) is 0 Å². The van der Waals surface area contributed by atoms with Crippen LogP contribution >= 0.6 is 0 Å². The van der Waals surface area contributed by atoms with E-state index < -0.39 is 12.3 Å². The topological polar surface area (TPSA) is 114 Å².